The second-order valence-corrected chi connectivity index (χ2v) is 7.02. The van der Waals surface area contributed by atoms with Gasteiger partial charge < -0.3 is 10.4 Å². The van der Waals surface area contributed by atoms with Gasteiger partial charge >= 0.3 is 5.97 Å². The molecule has 0 unspecified atom stereocenters. The summed E-state index contributed by atoms with van der Waals surface area (Å²) >= 11 is 0. The van der Waals surface area contributed by atoms with Crippen molar-refractivity contribution in [1.29, 1.82) is 0 Å². The molecule has 0 aliphatic heterocycles. The van der Waals surface area contributed by atoms with E-state index < -0.39 is 12.0 Å². The van der Waals surface area contributed by atoms with E-state index in [4.69, 9.17) is 0 Å². The fourth-order valence-electron chi connectivity index (χ4n) is 2.69. The van der Waals surface area contributed by atoms with E-state index in [2.05, 4.69) is 5.32 Å². The summed E-state index contributed by atoms with van der Waals surface area (Å²) in [6.07, 6.45) is 0.220. The van der Waals surface area contributed by atoms with Gasteiger partial charge in [-0.1, -0.05) is 63.2 Å². The first-order chi connectivity index (χ1) is 10.8. The maximum Gasteiger partial charge on any atom is 0.305 e. The fourth-order valence-corrected chi connectivity index (χ4v) is 2.69. The Morgan fingerprint density at radius 1 is 1.09 bits per heavy atom. The first-order valence-corrected chi connectivity index (χ1v) is 7.75. The zero-order chi connectivity index (χ0) is 17.0. The number of aliphatic carboxylic acids is 1. The summed E-state index contributed by atoms with van der Waals surface area (Å²) in [5.74, 6) is -1.06. The summed E-state index contributed by atoms with van der Waals surface area (Å²) in [6.45, 7) is 5.95. The van der Waals surface area contributed by atoms with E-state index in [0.717, 1.165) is 16.3 Å². The molecule has 1 amide bonds. The van der Waals surface area contributed by atoms with Crippen molar-refractivity contribution in [1.82, 2.24) is 5.32 Å². The Hall–Kier alpha value is -2.36. The standard InChI is InChI=1S/C19H23NO3/c1-19(2,3)12-17(21)20-16(11-18(22)23)15-10-6-8-13-7-4-5-9-14(13)15/h4-10,16H,11-12H2,1-3H3,(H,20,21)(H,22,23)/t16-/m1/s1. The normalized spacial score (nSPS) is 12.8. The fraction of sp³-hybridized carbons (Fsp3) is 0.368. The van der Waals surface area contributed by atoms with E-state index in [9.17, 15) is 14.7 Å². The van der Waals surface area contributed by atoms with Gasteiger partial charge in [0.05, 0.1) is 12.5 Å². The van der Waals surface area contributed by atoms with Gasteiger partial charge in [-0.25, -0.2) is 0 Å². The molecule has 0 bridgehead atoms. The van der Waals surface area contributed by atoms with Crippen LogP contribution in [0.15, 0.2) is 42.5 Å². The van der Waals surface area contributed by atoms with Gasteiger partial charge in [-0.3, -0.25) is 9.59 Å². The monoisotopic (exact) mass is 313 g/mol. The Morgan fingerprint density at radius 3 is 2.39 bits per heavy atom. The number of carbonyl (C=O) groups excluding carboxylic acids is 1. The molecule has 0 heterocycles. The maximum atomic E-state index is 12.3. The number of hydrogen-bond donors (Lipinski definition) is 2. The lowest BCUT2D eigenvalue weighted by atomic mass is 9.91. The molecular weight excluding hydrogens is 290 g/mol. The molecule has 4 heteroatoms. The lowest BCUT2D eigenvalue weighted by Gasteiger charge is -2.23. The number of carboxylic acid groups (broad SMARTS) is 1. The first kappa shape index (κ1) is 17.0. The van der Waals surface area contributed by atoms with Crippen molar-refractivity contribution in [3.05, 3.63) is 48.0 Å². The minimum absolute atomic E-state index is 0.128. The third kappa shape index (κ3) is 4.81. The van der Waals surface area contributed by atoms with Crippen LogP contribution in [0.5, 0.6) is 0 Å². The Labute approximate surface area is 136 Å². The van der Waals surface area contributed by atoms with Gasteiger partial charge in [0.1, 0.15) is 0 Å². The van der Waals surface area contributed by atoms with E-state index in [0.29, 0.717) is 6.42 Å². The molecule has 2 aromatic rings. The van der Waals surface area contributed by atoms with Crippen molar-refractivity contribution in [3.63, 3.8) is 0 Å². The van der Waals surface area contributed by atoms with Crippen LogP contribution < -0.4 is 5.32 Å². The summed E-state index contributed by atoms with van der Waals surface area (Å²) in [5.41, 5.74) is 0.698. The van der Waals surface area contributed by atoms with Gasteiger partial charge in [-0.2, -0.15) is 0 Å². The Morgan fingerprint density at radius 2 is 1.74 bits per heavy atom. The van der Waals surface area contributed by atoms with Crippen molar-refractivity contribution >= 4 is 22.6 Å². The zero-order valence-corrected chi connectivity index (χ0v) is 13.8. The SMILES string of the molecule is CC(C)(C)CC(=O)N[C@H](CC(=O)O)c1cccc2ccccc12. The van der Waals surface area contributed by atoms with Crippen molar-refractivity contribution in [2.24, 2.45) is 5.41 Å². The third-order valence-electron chi connectivity index (χ3n) is 3.60. The molecule has 2 N–H and O–H groups in total. The molecule has 2 rings (SSSR count). The van der Waals surface area contributed by atoms with Gasteiger partial charge in [-0.15, -0.1) is 0 Å². The molecule has 0 aliphatic carbocycles. The Bertz CT molecular complexity index is 711. The van der Waals surface area contributed by atoms with E-state index in [1.165, 1.54) is 0 Å². The van der Waals surface area contributed by atoms with Crippen molar-refractivity contribution in [2.75, 3.05) is 0 Å². The Kier molecular flexibility index (Phi) is 5.04. The van der Waals surface area contributed by atoms with Gasteiger partial charge in [0.2, 0.25) is 5.91 Å². The highest BCUT2D eigenvalue weighted by molar-refractivity contribution is 5.87. The summed E-state index contributed by atoms with van der Waals surface area (Å²) in [5, 5.41) is 14.1. The molecule has 0 saturated carbocycles. The summed E-state index contributed by atoms with van der Waals surface area (Å²) in [4.78, 5) is 23.5. The highest BCUT2D eigenvalue weighted by Crippen LogP contribution is 2.27. The number of carboxylic acids is 1. The number of nitrogens with one attached hydrogen (secondary N) is 1. The van der Waals surface area contributed by atoms with Crippen LogP contribution in [0, 0.1) is 5.41 Å². The van der Waals surface area contributed by atoms with Crippen LogP contribution in [0.3, 0.4) is 0 Å². The molecular formula is C19H23NO3. The predicted octanol–water partition coefficient (Wildman–Crippen LogP) is 3.91. The average Bonchev–Trinajstić information content (AvgIpc) is 2.43. The number of benzene rings is 2. The first-order valence-electron chi connectivity index (χ1n) is 7.75. The minimum atomic E-state index is -0.931. The molecule has 2 aromatic carbocycles. The van der Waals surface area contributed by atoms with E-state index in [1.54, 1.807) is 0 Å². The smallest absolute Gasteiger partial charge is 0.305 e. The molecule has 0 aromatic heterocycles. The van der Waals surface area contributed by atoms with Crippen LogP contribution in [-0.4, -0.2) is 17.0 Å². The van der Waals surface area contributed by atoms with Crippen LogP contribution >= 0.6 is 0 Å². The van der Waals surface area contributed by atoms with Crippen LogP contribution in [-0.2, 0) is 9.59 Å². The topological polar surface area (TPSA) is 66.4 Å². The second kappa shape index (κ2) is 6.82. The average molecular weight is 313 g/mol. The highest BCUT2D eigenvalue weighted by atomic mass is 16.4. The summed E-state index contributed by atoms with van der Waals surface area (Å²) in [7, 11) is 0. The molecule has 4 nitrogen and oxygen atoms in total. The molecule has 23 heavy (non-hydrogen) atoms. The number of hydrogen-bond acceptors (Lipinski definition) is 2. The van der Waals surface area contributed by atoms with Crippen LogP contribution in [0.2, 0.25) is 0 Å². The van der Waals surface area contributed by atoms with Crippen LogP contribution in [0.1, 0.15) is 45.2 Å². The predicted molar refractivity (Wildman–Crippen MR) is 91.2 cm³/mol. The highest BCUT2D eigenvalue weighted by Gasteiger charge is 2.22. The number of fused-ring (bicyclic) bond motifs is 1. The van der Waals surface area contributed by atoms with Gasteiger partial charge in [0, 0.05) is 6.42 Å². The van der Waals surface area contributed by atoms with Crippen LogP contribution in [0.25, 0.3) is 10.8 Å². The molecule has 1 atom stereocenters. The van der Waals surface area contributed by atoms with E-state index >= 15 is 0 Å². The number of rotatable bonds is 5. The molecule has 0 aliphatic rings. The van der Waals surface area contributed by atoms with Crippen molar-refractivity contribution in [3.8, 4) is 0 Å². The van der Waals surface area contributed by atoms with E-state index in [-0.39, 0.29) is 17.7 Å². The van der Waals surface area contributed by atoms with Crippen LogP contribution in [0.4, 0.5) is 0 Å². The number of amides is 1. The lowest BCUT2D eigenvalue weighted by Crippen LogP contribution is -2.32. The molecule has 0 saturated heterocycles. The Balaban J connectivity index is 2.34. The molecule has 122 valence electrons. The minimum Gasteiger partial charge on any atom is -0.481 e. The maximum absolute atomic E-state index is 12.3. The van der Waals surface area contributed by atoms with Gasteiger partial charge in [-0.05, 0) is 21.8 Å². The van der Waals surface area contributed by atoms with Crippen molar-refractivity contribution < 1.29 is 14.7 Å². The third-order valence-corrected chi connectivity index (χ3v) is 3.60. The molecule has 0 spiro atoms. The van der Waals surface area contributed by atoms with E-state index in [1.807, 2.05) is 63.2 Å². The summed E-state index contributed by atoms with van der Waals surface area (Å²) < 4.78 is 0. The van der Waals surface area contributed by atoms with Gasteiger partial charge in [0.25, 0.3) is 0 Å². The lowest BCUT2D eigenvalue weighted by molar-refractivity contribution is -0.137. The molecule has 0 fully saturated rings. The van der Waals surface area contributed by atoms with Gasteiger partial charge in [0.15, 0.2) is 0 Å². The second-order valence-electron chi connectivity index (χ2n) is 7.02. The molecule has 0 radical (unpaired) electrons. The largest absolute Gasteiger partial charge is 0.481 e. The summed E-state index contributed by atoms with van der Waals surface area (Å²) in [6, 6.07) is 13.0. The number of carbonyl (C=O) groups is 2. The quantitative estimate of drug-likeness (QED) is 0.879. The van der Waals surface area contributed by atoms with Crippen molar-refractivity contribution in [2.45, 2.75) is 39.7 Å². The zero-order valence-electron chi connectivity index (χ0n) is 13.8.